The number of ether oxygens (including phenoxy) is 1. The molecule has 3 N–H and O–H groups in total. The number of aryl methyl sites for hydroxylation is 1. The Bertz CT molecular complexity index is 851. The summed E-state index contributed by atoms with van der Waals surface area (Å²) >= 11 is 0. The zero-order chi connectivity index (χ0) is 21.2. The second-order valence-corrected chi connectivity index (χ2v) is 7.64. The van der Waals surface area contributed by atoms with E-state index in [0.29, 0.717) is 18.3 Å². The third-order valence-electron chi connectivity index (χ3n) is 4.79. The number of nitrogens with one attached hydrogen (secondary N) is 3. The third-order valence-corrected chi connectivity index (χ3v) is 4.79. The summed E-state index contributed by atoms with van der Waals surface area (Å²) in [7, 11) is 0. The fraction of sp³-hybridized carbons (Fsp3) is 0.417. The van der Waals surface area contributed by atoms with Gasteiger partial charge in [0, 0.05) is 19.1 Å². The predicted octanol–water partition coefficient (Wildman–Crippen LogP) is 3.57. The summed E-state index contributed by atoms with van der Waals surface area (Å²) in [5, 5.41) is 9.59. The van der Waals surface area contributed by atoms with Crippen LogP contribution in [0.3, 0.4) is 0 Å². The molecule has 0 bridgehead atoms. The van der Waals surface area contributed by atoms with Crippen molar-refractivity contribution < 1.29 is 9.53 Å². The normalized spacial score (nSPS) is 13.2. The molecule has 2 aromatic carbocycles. The van der Waals surface area contributed by atoms with E-state index in [4.69, 9.17) is 4.74 Å². The topological polar surface area (TPSA) is 74.8 Å². The molecular formula is C24H33IN4O2. The number of hydrogen-bond acceptors (Lipinski definition) is 3. The maximum absolute atomic E-state index is 11.7. The highest BCUT2D eigenvalue weighted by Gasteiger charge is 2.23. The number of halogens is 1. The van der Waals surface area contributed by atoms with Crippen LogP contribution < -0.4 is 20.7 Å². The number of carbonyl (C=O) groups excluding carboxylic acids is 1. The Labute approximate surface area is 202 Å². The highest BCUT2D eigenvalue weighted by Crippen LogP contribution is 2.18. The van der Waals surface area contributed by atoms with E-state index in [1.165, 1.54) is 16.7 Å². The van der Waals surface area contributed by atoms with Crippen LogP contribution in [0.15, 0.2) is 53.5 Å². The number of guanidine groups is 1. The molecule has 0 unspecified atom stereocenters. The van der Waals surface area contributed by atoms with Gasteiger partial charge in [0.15, 0.2) is 12.6 Å². The average molecular weight is 536 g/mol. The van der Waals surface area contributed by atoms with Gasteiger partial charge in [-0.1, -0.05) is 42.0 Å². The molecule has 0 radical (unpaired) electrons. The van der Waals surface area contributed by atoms with Crippen LogP contribution in [0.25, 0.3) is 0 Å². The van der Waals surface area contributed by atoms with Crippen molar-refractivity contribution >= 4 is 35.8 Å². The first kappa shape index (κ1) is 25.0. The monoisotopic (exact) mass is 536 g/mol. The third kappa shape index (κ3) is 9.59. The number of hydrogen-bond donors (Lipinski definition) is 3. The Morgan fingerprint density at radius 1 is 1.10 bits per heavy atom. The van der Waals surface area contributed by atoms with Gasteiger partial charge in [-0.2, -0.15) is 0 Å². The zero-order valence-corrected chi connectivity index (χ0v) is 20.6. The summed E-state index contributed by atoms with van der Waals surface area (Å²) in [6.45, 7) is 6.48. The Balaban J connectivity index is 0.00000341. The highest BCUT2D eigenvalue weighted by molar-refractivity contribution is 14.0. The van der Waals surface area contributed by atoms with Gasteiger partial charge in [-0.05, 0) is 56.4 Å². The van der Waals surface area contributed by atoms with E-state index >= 15 is 0 Å². The Hall–Kier alpha value is -2.29. The molecule has 168 valence electrons. The first-order valence-electron chi connectivity index (χ1n) is 10.7. The van der Waals surface area contributed by atoms with Crippen LogP contribution in [0.2, 0.25) is 0 Å². The molecule has 0 atom stereocenters. The van der Waals surface area contributed by atoms with Gasteiger partial charge in [0.25, 0.3) is 5.91 Å². The quantitative estimate of drug-likeness (QED) is 0.247. The summed E-state index contributed by atoms with van der Waals surface area (Å²) < 4.78 is 5.55. The van der Waals surface area contributed by atoms with Crippen molar-refractivity contribution in [1.82, 2.24) is 16.0 Å². The van der Waals surface area contributed by atoms with Gasteiger partial charge in [-0.25, -0.2) is 4.99 Å². The molecule has 7 heteroatoms. The number of benzene rings is 2. The minimum Gasteiger partial charge on any atom is -0.484 e. The first-order valence-corrected chi connectivity index (χ1v) is 10.7. The number of amides is 1. The predicted molar refractivity (Wildman–Crippen MR) is 136 cm³/mol. The second-order valence-electron chi connectivity index (χ2n) is 7.64. The fourth-order valence-electron chi connectivity index (χ4n) is 3.05. The van der Waals surface area contributed by atoms with Crippen LogP contribution in [0.4, 0.5) is 0 Å². The van der Waals surface area contributed by atoms with E-state index in [-0.39, 0.29) is 36.5 Å². The lowest BCUT2D eigenvalue weighted by Crippen LogP contribution is -2.38. The molecule has 1 amide bonds. The average Bonchev–Trinajstić information content (AvgIpc) is 3.55. The standard InChI is InChI=1S/C24H32N4O2.HI/c1-3-25-24(27-16-20-6-4-5-18(2)15-20)26-14-13-19-7-11-22(12-8-19)30-17-23(29)28-21-9-10-21;/h4-8,11-12,15,21H,3,9-10,13-14,16-17H2,1-2H3,(H,28,29)(H2,25,26,27);1H. The molecule has 1 aliphatic carbocycles. The van der Waals surface area contributed by atoms with Gasteiger partial charge in [0.2, 0.25) is 0 Å². The SMILES string of the molecule is CCNC(=NCc1cccc(C)c1)NCCc1ccc(OCC(=O)NC2CC2)cc1.I. The lowest BCUT2D eigenvalue weighted by atomic mass is 10.1. The molecular weight excluding hydrogens is 503 g/mol. The van der Waals surface area contributed by atoms with E-state index in [2.05, 4.69) is 59.1 Å². The molecule has 1 saturated carbocycles. The zero-order valence-electron chi connectivity index (χ0n) is 18.3. The smallest absolute Gasteiger partial charge is 0.258 e. The van der Waals surface area contributed by atoms with Crippen LogP contribution in [-0.2, 0) is 17.8 Å². The minimum absolute atomic E-state index is 0. The lowest BCUT2D eigenvalue weighted by Gasteiger charge is -2.12. The molecule has 0 aromatic heterocycles. The molecule has 2 aromatic rings. The van der Waals surface area contributed by atoms with Gasteiger partial charge >= 0.3 is 0 Å². The van der Waals surface area contributed by atoms with Crippen LogP contribution in [0.5, 0.6) is 5.75 Å². The van der Waals surface area contributed by atoms with Crippen molar-refractivity contribution in [2.75, 3.05) is 19.7 Å². The minimum atomic E-state index is -0.0494. The van der Waals surface area contributed by atoms with E-state index in [9.17, 15) is 4.79 Å². The molecule has 0 saturated heterocycles. The van der Waals surface area contributed by atoms with Gasteiger partial charge in [-0.15, -0.1) is 24.0 Å². The summed E-state index contributed by atoms with van der Waals surface area (Å²) in [6, 6.07) is 16.7. The van der Waals surface area contributed by atoms with Crippen LogP contribution in [0.1, 0.15) is 36.5 Å². The van der Waals surface area contributed by atoms with E-state index in [0.717, 1.165) is 38.3 Å². The van der Waals surface area contributed by atoms with E-state index in [1.807, 2.05) is 24.3 Å². The van der Waals surface area contributed by atoms with Gasteiger partial charge in [-0.3, -0.25) is 4.79 Å². The summed E-state index contributed by atoms with van der Waals surface area (Å²) in [5.74, 6) is 1.48. The van der Waals surface area contributed by atoms with Crippen molar-refractivity contribution in [1.29, 1.82) is 0 Å². The van der Waals surface area contributed by atoms with Gasteiger partial charge in [0.05, 0.1) is 6.54 Å². The second kappa shape index (κ2) is 13.2. The van der Waals surface area contributed by atoms with Crippen molar-refractivity contribution in [2.24, 2.45) is 4.99 Å². The van der Waals surface area contributed by atoms with Crippen molar-refractivity contribution in [2.45, 2.75) is 45.7 Å². The summed E-state index contributed by atoms with van der Waals surface area (Å²) in [5.41, 5.74) is 3.65. The highest BCUT2D eigenvalue weighted by atomic mass is 127. The number of aliphatic imine (C=N–C) groups is 1. The molecule has 6 nitrogen and oxygen atoms in total. The van der Waals surface area contributed by atoms with Crippen molar-refractivity contribution in [3.05, 3.63) is 65.2 Å². The van der Waals surface area contributed by atoms with E-state index in [1.54, 1.807) is 0 Å². The maximum atomic E-state index is 11.7. The Morgan fingerprint density at radius 3 is 2.55 bits per heavy atom. The molecule has 0 spiro atoms. The number of carbonyl (C=O) groups is 1. The molecule has 31 heavy (non-hydrogen) atoms. The molecule has 1 aliphatic rings. The summed E-state index contributed by atoms with van der Waals surface area (Å²) in [6.07, 6.45) is 3.04. The first-order chi connectivity index (χ1) is 14.6. The fourth-order valence-corrected chi connectivity index (χ4v) is 3.05. The molecule has 1 fully saturated rings. The van der Waals surface area contributed by atoms with Gasteiger partial charge < -0.3 is 20.7 Å². The number of nitrogens with zero attached hydrogens (tertiary/aromatic N) is 1. The molecule has 3 rings (SSSR count). The lowest BCUT2D eigenvalue weighted by molar-refractivity contribution is -0.123. The molecule has 0 aliphatic heterocycles. The number of rotatable bonds is 10. The Morgan fingerprint density at radius 2 is 1.87 bits per heavy atom. The maximum Gasteiger partial charge on any atom is 0.258 e. The summed E-state index contributed by atoms with van der Waals surface area (Å²) in [4.78, 5) is 16.4. The van der Waals surface area contributed by atoms with Crippen LogP contribution >= 0.6 is 24.0 Å². The van der Waals surface area contributed by atoms with Crippen LogP contribution in [0, 0.1) is 6.92 Å². The van der Waals surface area contributed by atoms with Crippen LogP contribution in [-0.4, -0.2) is 37.6 Å². The van der Waals surface area contributed by atoms with Crippen molar-refractivity contribution in [3.8, 4) is 5.75 Å². The largest absolute Gasteiger partial charge is 0.484 e. The van der Waals surface area contributed by atoms with Gasteiger partial charge in [0.1, 0.15) is 5.75 Å². The van der Waals surface area contributed by atoms with E-state index < -0.39 is 0 Å². The Kier molecular flexibility index (Phi) is 10.6. The molecule has 0 heterocycles. The van der Waals surface area contributed by atoms with Crippen molar-refractivity contribution in [3.63, 3.8) is 0 Å².